The predicted octanol–water partition coefficient (Wildman–Crippen LogP) is 1.84. The molecule has 6 nitrogen and oxygen atoms in total. The van der Waals surface area contributed by atoms with Crippen molar-refractivity contribution < 1.29 is 9.59 Å². The second kappa shape index (κ2) is 6.17. The van der Waals surface area contributed by atoms with Crippen molar-refractivity contribution in [2.24, 2.45) is 29.2 Å². The first-order valence-electron chi connectivity index (χ1n) is 9.05. The van der Waals surface area contributed by atoms with Crippen LogP contribution in [0.1, 0.15) is 53.7 Å². The van der Waals surface area contributed by atoms with Gasteiger partial charge in [0.2, 0.25) is 5.91 Å². The highest BCUT2D eigenvalue weighted by molar-refractivity contribution is 6.00. The minimum absolute atomic E-state index is 0.0268. The van der Waals surface area contributed by atoms with Crippen LogP contribution in [0, 0.1) is 17.8 Å². The third-order valence-electron chi connectivity index (χ3n) is 5.95. The zero-order valence-electron chi connectivity index (χ0n) is 14.2. The molecule has 6 heteroatoms. The van der Waals surface area contributed by atoms with Gasteiger partial charge in [-0.1, -0.05) is 12.2 Å². The number of carbonyl (C=O) groups excluding carboxylic acids is 2. The Morgan fingerprint density at radius 2 is 1.80 bits per heavy atom. The minimum atomic E-state index is -0.456. The molecule has 0 radical (unpaired) electrons. The number of nitrogens with zero attached hydrogens (tertiary/aromatic N) is 1. The highest BCUT2D eigenvalue weighted by Crippen LogP contribution is 2.44. The second-order valence-electron chi connectivity index (χ2n) is 7.73. The molecule has 1 aromatic heterocycles. The maximum Gasteiger partial charge on any atom is 0.252 e. The molecule has 2 fully saturated rings. The Labute approximate surface area is 147 Å². The number of hydrogen-bond acceptors (Lipinski definition) is 4. The summed E-state index contributed by atoms with van der Waals surface area (Å²) in [5.41, 5.74) is 14.3. The number of fused-ring (bicyclic) bond motifs is 3. The summed E-state index contributed by atoms with van der Waals surface area (Å²) in [6.07, 6.45) is 11.4. The van der Waals surface area contributed by atoms with Gasteiger partial charge in [-0.05, 0) is 43.9 Å². The van der Waals surface area contributed by atoms with Crippen molar-refractivity contribution in [3.8, 4) is 0 Å². The molecule has 25 heavy (non-hydrogen) atoms. The standard InChI is InChI=1S/C19H24N4O2/c20-18(24)12-5-10-4-11(6-12)8-13(7-10)23-17-14-2-1-3-16(14)22-9-15(17)19(21)25/h1-2,9-13H,3-8H2,(H2,20,24)(H2,21,25)(H,22,23)/t10-,11+,12?,13?. The fourth-order valence-corrected chi connectivity index (χ4v) is 4.94. The highest BCUT2D eigenvalue weighted by atomic mass is 16.1. The van der Waals surface area contributed by atoms with Gasteiger partial charge >= 0.3 is 0 Å². The van der Waals surface area contributed by atoms with Crippen LogP contribution in [0.3, 0.4) is 0 Å². The average Bonchev–Trinajstić information content (AvgIpc) is 3.03. The molecule has 0 saturated heterocycles. The number of pyridine rings is 1. The van der Waals surface area contributed by atoms with Gasteiger partial charge in [-0.25, -0.2) is 0 Å². The van der Waals surface area contributed by atoms with Crippen molar-refractivity contribution in [3.05, 3.63) is 29.1 Å². The first-order valence-corrected chi connectivity index (χ1v) is 9.05. The molecule has 2 unspecified atom stereocenters. The number of nitrogens with two attached hydrogens (primary N) is 2. The summed E-state index contributed by atoms with van der Waals surface area (Å²) in [6, 6.07) is 0.288. The number of hydrogen-bond donors (Lipinski definition) is 3. The third kappa shape index (κ3) is 3.01. The summed E-state index contributed by atoms with van der Waals surface area (Å²) in [6.45, 7) is 0. The Morgan fingerprint density at radius 3 is 2.44 bits per heavy atom. The molecule has 1 aromatic rings. The summed E-state index contributed by atoms with van der Waals surface area (Å²) in [7, 11) is 0. The summed E-state index contributed by atoms with van der Waals surface area (Å²) in [4.78, 5) is 27.8. The lowest BCUT2D eigenvalue weighted by Crippen LogP contribution is -2.40. The lowest BCUT2D eigenvalue weighted by Gasteiger charge is -2.42. The van der Waals surface area contributed by atoms with Crippen molar-refractivity contribution in [2.45, 2.75) is 44.6 Å². The van der Waals surface area contributed by atoms with Crippen LogP contribution in [-0.4, -0.2) is 22.8 Å². The van der Waals surface area contributed by atoms with E-state index < -0.39 is 5.91 Å². The fourth-order valence-electron chi connectivity index (χ4n) is 4.94. The van der Waals surface area contributed by atoms with Gasteiger partial charge in [0.1, 0.15) is 0 Å². The fraction of sp³-hybridized carbons (Fsp3) is 0.526. The number of carbonyl (C=O) groups is 2. The number of anilines is 1. The Balaban J connectivity index is 1.56. The van der Waals surface area contributed by atoms with Gasteiger partial charge in [-0.3, -0.25) is 14.6 Å². The van der Waals surface area contributed by atoms with Crippen molar-refractivity contribution >= 4 is 23.6 Å². The Morgan fingerprint density at radius 1 is 1.08 bits per heavy atom. The quantitative estimate of drug-likeness (QED) is 0.776. The Bertz CT molecular complexity index is 744. The molecule has 5 N–H and O–H groups in total. The maximum atomic E-state index is 11.8. The van der Waals surface area contributed by atoms with Gasteiger partial charge < -0.3 is 16.8 Å². The van der Waals surface area contributed by atoms with Crippen LogP contribution >= 0.6 is 0 Å². The molecule has 4 rings (SSSR count). The molecular formula is C19H24N4O2. The van der Waals surface area contributed by atoms with Crippen LogP contribution in [0.15, 0.2) is 12.3 Å². The van der Waals surface area contributed by atoms with E-state index >= 15 is 0 Å². The van der Waals surface area contributed by atoms with E-state index in [4.69, 9.17) is 11.5 Å². The van der Waals surface area contributed by atoms with Gasteiger partial charge in [0, 0.05) is 30.1 Å². The molecule has 2 saturated carbocycles. The van der Waals surface area contributed by atoms with Crippen molar-refractivity contribution in [1.82, 2.24) is 4.98 Å². The topological polar surface area (TPSA) is 111 Å². The molecule has 4 atom stereocenters. The van der Waals surface area contributed by atoms with Crippen LogP contribution < -0.4 is 16.8 Å². The van der Waals surface area contributed by atoms with E-state index in [-0.39, 0.29) is 17.9 Å². The lowest BCUT2D eigenvalue weighted by atomic mass is 9.66. The van der Waals surface area contributed by atoms with E-state index in [1.54, 1.807) is 6.20 Å². The SMILES string of the molecule is NC(=O)c1cnc2c(c1NC1C[C@@H]3CC(C(N)=O)C[C@H](C1)C3)C=CC2. The first-order chi connectivity index (χ1) is 12.0. The van der Waals surface area contributed by atoms with E-state index in [2.05, 4.69) is 16.4 Å². The first kappa shape index (κ1) is 16.1. The van der Waals surface area contributed by atoms with E-state index in [0.717, 1.165) is 49.0 Å². The molecule has 2 amide bonds. The number of amides is 2. The van der Waals surface area contributed by atoms with Crippen molar-refractivity contribution in [3.63, 3.8) is 0 Å². The van der Waals surface area contributed by atoms with Gasteiger partial charge in [0.15, 0.2) is 0 Å². The van der Waals surface area contributed by atoms with Gasteiger partial charge in [-0.15, -0.1) is 0 Å². The zero-order valence-corrected chi connectivity index (χ0v) is 14.2. The number of aromatic nitrogens is 1. The highest BCUT2D eigenvalue weighted by Gasteiger charge is 2.38. The Hall–Kier alpha value is -2.37. The molecule has 3 aliphatic rings. The third-order valence-corrected chi connectivity index (χ3v) is 5.95. The van der Waals surface area contributed by atoms with Crippen LogP contribution in [0.25, 0.3) is 6.08 Å². The monoisotopic (exact) mass is 340 g/mol. The van der Waals surface area contributed by atoms with Gasteiger partial charge in [0.05, 0.1) is 16.9 Å². The normalized spacial score (nSPS) is 29.9. The summed E-state index contributed by atoms with van der Waals surface area (Å²) in [5.74, 6) is 0.450. The molecule has 2 bridgehead atoms. The van der Waals surface area contributed by atoms with E-state index in [9.17, 15) is 9.59 Å². The van der Waals surface area contributed by atoms with Crippen LogP contribution in [0.2, 0.25) is 0 Å². The molecule has 1 heterocycles. The molecule has 132 valence electrons. The number of rotatable bonds is 4. The van der Waals surface area contributed by atoms with Crippen molar-refractivity contribution in [1.29, 1.82) is 0 Å². The molecule has 3 aliphatic carbocycles. The predicted molar refractivity (Wildman–Crippen MR) is 95.7 cm³/mol. The smallest absolute Gasteiger partial charge is 0.252 e. The van der Waals surface area contributed by atoms with Gasteiger partial charge in [-0.2, -0.15) is 0 Å². The second-order valence-corrected chi connectivity index (χ2v) is 7.73. The average molecular weight is 340 g/mol. The van der Waals surface area contributed by atoms with Crippen LogP contribution in [0.5, 0.6) is 0 Å². The number of nitrogens with one attached hydrogen (secondary N) is 1. The zero-order chi connectivity index (χ0) is 17.6. The number of primary amides is 2. The lowest BCUT2D eigenvalue weighted by molar-refractivity contribution is -0.124. The maximum absolute atomic E-state index is 11.8. The van der Waals surface area contributed by atoms with Crippen molar-refractivity contribution in [2.75, 3.05) is 5.32 Å². The van der Waals surface area contributed by atoms with E-state index in [1.165, 1.54) is 6.42 Å². The molecular weight excluding hydrogens is 316 g/mol. The Kier molecular flexibility index (Phi) is 3.98. The summed E-state index contributed by atoms with van der Waals surface area (Å²) in [5, 5.41) is 3.60. The largest absolute Gasteiger partial charge is 0.381 e. The summed E-state index contributed by atoms with van der Waals surface area (Å²) >= 11 is 0. The van der Waals surface area contributed by atoms with E-state index in [1.807, 2.05) is 6.08 Å². The molecule has 0 spiro atoms. The minimum Gasteiger partial charge on any atom is -0.381 e. The summed E-state index contributed by atoms with van der Waals surface area (Å²) < 4.78 is 0. The van der Waals surface area contributed by atoms with Crippen LogP contribution in [0.4, 0.5) is 5.69 Å². The molecule has 0 aliphatic heterocycles. The van der Waals surface area contributed by atoms with E-state index in [0.29, 0.717) is 17.4 Å². The van der Waals surface area contributed by atoms with Gasteiger partial charge in [0.25, 0.3) is 5.91 Å². The van der Waals surface area contributed by atoms with Crippen LogP contribution in [-0.2, 0) is 11.2 Å². The number of allylic oxidation sites excluding steroid dienone is 1. The molecule has 0 aromatic carbocycles.